The van der Waals surface area contributed by atoms with E-state index in [1.807, 2.05) is 0 Å². The first-order valence-corrected chi connectivity index (χ1v) is 9.97. The van der Waals surface area contributed by atoms with Crippen LogP contribution in [0.25, 0.3) is 0 Å². The van der Waals surface area contributed by atoms with Gasteiger partial charge in [0.25, 0.3) is 11.8 Å². The molecule has 0 saturated carbocycles. The first kappa shape index (κ1) is 21.1. The predicted octanol–water partition coefficient (Wildman–Crippen LogP) is 3.25. The van der Waals surface area contributed by atoms with Crippen molar-refractivity contribution in [2.24, 2.45) is 0 Å². The number of nitrogens with one attached hydrogen (secondary N) is 1. The van der Waals surface area contributed by atoms with Gasteiger partial charge in [0.1, 0.15) is 11.4 Å². The van der Waals surface area contributed by atoms with Crippen molar-refractivity contribution in [2.45, 2.75) is 57.1 Å². The molecule has 0 spiro atoms. The Kier molecular flexibility index (Phi) is 5.55. The summed E-state index contributed by atoms with van der Waals surface area (Å²) in [5.74, 6) is -1.06. The van der Waals surface area contributed by atoms with E-state index in [2.05, 4.69) is 20.0 Å². The van der Waals surface area contributed by atoms with Crippen LogP contribution in [0.15, 0.2) is 36.7 Å². The van der Waals surface area contributed by atoms with Crippen LogP contribution in [0.5, 0.6) is 5.75 Å². The lowest BCUT2D eigenvalue weighted by molar-refractivity contribution is -0.274. The number of aryl methyl sites for hydroxylation is 1. The number of nitrogens with zero attached hydrogens (tertiary/aromatic N) is 3. The number of amides is 2. The molecule has 3 heterocycles. The number of halogens is 3. The van der Waals surface area contributed by atoms with Crippen LogP contribution < -0.4 is 10.1 Å². The Morgan fingerprint density at radius 1 is 1.13 bits per heavy atom. The van der Waals surface area contributed by atoms with Crippen molar-refractivity contribution in [2.75, 3.05) is 0 Å². The molecule has 2 aliphatic heterocycles. The zero-order valence-electron chi connectivity index (χ0n) is 16.7. The number of hydrogen-bond acceptors (Lipinski definition) is 5. The Morgan fingerprint density at radius 2 is 1.84 bits per heavy atom. The zero-order valence-corrected chi connectivity index (χ0v) is 16.7. The van der Waals surface area contributed by atoms with Gasteiger partial charge in [0, 0.05) is 29.9 Å². The molecular weight excluding hydrogens is 413 g/mol. The van der Waals surface area contributed by atoms with Crippen LogP contribution in [0.2, 0.25) is 0 Å². The lowest BCUT2D eigenvalue weighted by atomic mass is 9.96. The Morgan fingerprint density at radius 3 is 2.45 bits per heavy atom. The van der Waals surface area contributed by atoms with E-state index in [1.165, 1.54) is 24.5 Å². The minimum atomic E-state index is -4.82. The Balaban J connectivity index is 1.42. The number of carbonyl (C=O) groups is 2. The van der Waals surface area contributed by atoms with Crippen molar-refractivity contribution in [1.82, 2.24) is 20.2 Å². The maximum atomic E-state index is 13.0. The van der Waals surface area contributed by atoms with Gasteiger partial charge >= 0.3 is 6.36 Å². The highest BCUT2D eigenvalue weighted by atomic mass is 19.4. The average molecular weight is 434 g/mol. The van der Waals surface area contributed by atoms with Crippen LogP contribution in [0.3, 0.4) is 0 Å². The summed E-state index contributed by atoms with van der Waals surface area (Å²) < 4.78 is 41.4. The molecule has 1 aromatic heterocycles. The van der Waals surface area contributed by atoms with Gasteiger partial charge in [-0.1, -0.05) is 6.07 Å². The molecule has 2 aromatic rings. The lowest BCUT2D eigenvalue weighted by Gasteiger charge is -2.39. The van der Waals surface area contributed by atoms with Gasteiger partial charge in [-0.2, -0.15) is 0 Å². The molecule has 2 amide bonds. The summed E-state index contributed by atoms with van der Waals surface area (Å²) in [7, 11) is 0. The maximum absolute atomic E-state index is 13.0. The predicted molar refractivity (Wildman–Crippen MR) is 103 cm³/mol. The highest BCUT2D eigenvalue weighted by Gasteiger charge is 2.44. The number of fused-ring (bicyclic) bond motifs is 2. The Hall–Kier alpha value is -3.17. The fourth-order valence-electron chi connectivity index (χ4n) is 4.37. The Bertz CT molecular complexity index is 967. The maximum Gasteiger partial charge on any atom is 0.573 e. The Labute approximate surface area is 176 Å². The molecule has 2 aliphatic rings. The summed E-state index contributed by atoms with van der Waals surface area (Å²) in [6, 6.07) is 4.83. The van der Waals surface area contributed by atoms with E-state index in [-0.39, 0.29) is 41.2 Å². The molecule has 31 heavy (non-hydrogen) atoms. The summed E-state index contributed by atoms with van der Waals surface area (Å²) in [6.07, 6.45) is 0.846. The van der Waals surface area contributed by atoms with Crippen LogP contribution >= 0.6 is 0 Å². The fraction of sp³-hybridized carbons (Fsp3) is 0.429. The number of hydrogen-bond donors (Lipinski definition) is 1. The third-order valence-electron chi connectivity index (χ3n) is 5.63. The highest BCUT2D eigenvalue weighted by molar-refractivity contribution is 5.95. The van der Waals surface area contributed by atoms with Crippen LogP contribution in [0.4, 0.5) is 13.2 Å². The second kappa shape index (κ2) is 8.16. The number of rotatable bonds is 4. The van der Waals surface area contributed by atoms with E-state index < -0.39 is 12.1 Å². The largest absolute Gasteiger partial charge is 0.573 e. The second-order valence-corrected chi connectivity index (χ2v) is 7.86. The normalized spacial score (nSPS) is 22.8. The SMILES string of the molecule is Cc1cnc(C(=O)NC2C[C@H]3CC[C@@H](C2)N3C(=O)c2cccc(OC(F)(F)F)c2)cn1. The number of alkyl halides is 3. The molecule has 1 N–H and O–H groups in total. The second-order valence-electron chi connectivity index (χ2n) is 7.86. The van der Waals surface area contributed by atoms with Gasteiger partial charge in [0.2, 0.25) is 0 Å². The third-order valence-corrected chi connectivity index (χ3v) is 5.63. The van der Waals surface area contributed by atoms with Crippen molar-refractivity contribution in [1.29, 1.82) is 0 Å². The quantitative estimate of drug-likeness (QED) is 0.799. The fourth-order valence-corrected chi connectivity index (χ4v) is 4.37. The van der Waals surface area contributed by atoms with Crippen LogP contribution in [0.1, 0.15) is 52.2 Å². The van der Waals surface area contributed by atoms with Crippen LogP contribution in [-0.2, 0) is 0 Å². The smallest absolute Gasteiger partial charge is 0.406 e. The van der Waals surface area contributed by atoms with E-state index in [0.29, 0.717) is 18.5 Å². The van der Waals surface area contributed by atoms with E-state index in [1.54, 1.807) is 11.8 Å². The first-order valence-electron chi connectivity index (χ1n) is 9.97. The summed E-state index contributed by atoms with van der Waals surface area (Å²) in [6.45, 7) is 1.78. The first-order chi connectivity index (χ1) is 14.7. The molecule has 164 valence electrons. The molecule has 2 fully saturated rings. The van der Waals surface area contributed by atoms with Crippen LogP contribution in [0, 0.1) is 6.92 Å². The number of carbonyl (C=O) groups excluding carboxylic acids is 2. The summed E-state index contributed by atoms with van der Waals surface area (Å²) in [5, 5.41) is 2.97. The van der Waals surface area contributed by atoms with Crippen molar-refractivity contribution in [3.63, 3.8) is 0 Å². The van der Waals surface area contributed by atoms with Crippen molar-refractivity contribution >= 4 is 11.8 Å². The molecule has 0 aliphatic carbocycles. The van der Waals surface area contributed by atoms with Crippen molar-refractivity contribution in [3.05, 3.63) is 53.6 Å². The summed E-state index contributed by atoms with van der Waals surface area (Å²) >= 11 is 0. The van der Waals surface area contributed by atoms with Gasteiger partial charge in [-0.15, -0.1) is 13.2 Å². The lowest BCUT2D eigenvalue weighted by Crippen LogP contribution is -2.52. The third kappa shape index (κ3) is 4.78. The van der Waals surface area contributed by atoms with E-state index in [0.717, 1.165) is 25.0 Å². The average Bonchev–Trinajstić information content (AvgIpc) is 2.97. The van der Waals surface area contributed by atoms with E-state index in [4.69, 9.17) is 0 Å². The minimum absolute atomic E-state index is 0.0900. The standard InChI is InChI=1S/C21H21F3N4O3/c1-12-10-26-18(11-25-12)19(29)27-14-8-15-5-6-16(9-14)28(15)20(30)13-3-2-4-17(7-13)31-21(22,23)24/h2-4,7,10-11,14-16H,5-6,8-9H2,1H3,(H,27,29)/t14?,15-,16+. The summed E-state index contributed by atoms with van der Waals surface area (Å²) in [4.78, 5) is 35.4. The van der Waals surface area contributed by atoms with Crippen molar-refractivity contribution in [3.8, 4) is 5.75 Å². The topological polar surface area (TPSA) is 84.4 Å². The van der Waals surface area contributed by atoms with E-state index in [9.17, 15) is 22.8 Å². The zero-order chi connectivity index (χ0) is 22.2. The van der Waals surface area contributed by atoms with Crippen molar-refractivity contribution < 1.29 is 27.5 Å². The van der Waals surface area contributed by atoms with Gasteiger partial charge in [-0.05, 0) is 50.8 Å². The molecular formula is C21H21F3N4O3. The monoisotopic (exact) mass is 434 g/mol. The molecule has 3 atom stereocenters. The molecule has 2 bridgehead atoms. The molecule has 0 radical (unpaired) electrons. The molecule has 1 aromatic carbocycles. The van der Waals surface area contributed by atoms with Gasteiger partial charge in [-0.3, -0.25) is 14.6 Å². The molecule has 7 nitrogen and oxygen atoms in total. The van der Waals surface area contributed by atoms with Gasteiger partial charge < -0.3 is 15.0 Å². The molecule has 4 rings (SSSR count). The van der Waals surface area contributed by atoms with Crippen LogP contribution in [-0.4, -0.2) is 51.2 Å². The van der Waals surface area contributed by atoms with Gasteiger partial charge in [0.05, 0.1) is 11.9 Å². The number of benzene rings is 1. The molecule has 2 saturated heterocycles. The minimum Gasteiger partial charge on any atom is -0.406 e. The summed E-state index contributed by atoms with van der Waals surface area (Å²) in [5.41, 5.74) is 1.10. The van der Waals surface area contributed by atoms with E-state index >= 15 is 0 Å². The molecule has 1 unspecified atom stereocenters. The van der Waals surface area contributed by atoms with Gasteiger partial charge in [0.15, 0.2) is 0 Å². The number of aromatic nitrogens is 2. The number of ether oxygens (including phenoxy) is 1. The number of piperidine rings is 1. The molecule has 10 heteroatoms. The highest BCUT2D eigenvalue weighted by Crippen LogP contribution is 2.37. The van der Waals surface area contributed by atoms with Gasteiger partial charge in [-0.25, -0.2) is 4.98 Å².